The molecular formula is C13H17BrN4. The van der Waals surface area contributed by atoms with Gasteiger partial charge in [0.2, 0.25) is 0 Å². The van der Waals surface area contributed by atoms with Gasteiger partial charge in [0.05, 0.1) is 10.7 Å². The van der Waals surface area contributed by atoms with Crippen molar-refractivity contribution < 1.29 is 0 Å². The molecule has 0 aliphatic heterocycles. The molecular weight excluding hydrogens is 292 g/mol. The first kappa shape index (κ1) is 13.2. The van der Waals surface area contributed by atoms with Crippen LogP contribution in [0.25, 0.3) is 5.82 Å². The molecule has 0 saturated heterocycles. The van der Waals surface area contributed by atoms with Crippen LogP contribution in [-0.2, 0) is 6.54 Å². The molecule has 0 spiro atoms. The maximum absolute atomic E-state index is 4.40. The lowest BCUT2D eigenvalue weighted by atomic mass is 10.2. The van der Waals surface area contributed by atoms with Gasteiger partial charge < -0.3 is 5.32 Å². The van der Waals surface area contributed by atoms with Crippen LogP contribution in [0, 0.1) is 5.92 Å². The van der Waals surface area contributed by atoms with E-state index in [1.165, 1.54) is 0 Å². The van der Waals surface area contributed by atoms with Crippen molar-refractivity contribution in [2.24, 2.45) is 5.92 Å². The van der Waals surface area contributed by atoms with Crippen LogP contribution in [0.2, 0.25) is 0 Å². The van der Waals surface area contributed by atoms with E-state index in [1.807, 2.05) is 12.3 Å². The predicted molar refractivity (Wildman–Crippen MR) is 75.6 cm³/mol. The standard InChI is InChI=1S/C13H17BrN4/c1-10(2)6-15-7-11-4-3-5-16-13(11)18-9-12(14)8-17-18/h3-5,8-10,15H,6-7H2,1-2H3. The molecule has 0 radical (unpaired) electrons. The Kier molecular flexibility index (Phi) is 4.49. The Morgan fingerprint density at radius 3 is 2.94 bits per heavy atom. The first-order valence-corrected chi connectivity index (χ1v) is 6.81. The Morgan fingerprint density at radius 2 is 2.28 bits per heavy atom. The molecule has 18 heavy (non-hydrogen) atoms. The highest BCUT2D eigenvalue weighted by molar-refractivity contribution is 9.10. The normalized spacial score (nSPS) is 11.1. The van der Waals surface area contributed by atoms with Crippen molar-refractivity contribution in [2.45, 2.75) is 20.4 Å². The summed E-state index contributed by atoms with van der Waals surface area (Å²) in [5, 5.41) is 7.69. The largest absolute Gasteiger partial charge is 0.312 e. The van der Waals surface area contributed by atoms with Gasteiger partial charge in [-0.15, -0.1) is 0 Å². The van der Waals surface area contributed by atoms with Crippen molar-refractivity contribution in [3.8, 4) is 5.82 Å². The number of rotatable bonds is 5. The molecule has 2 aromatic heterocycles. The van der Waals surface area contributed by atoms with Gasteiger partial charge in [-0.25, -0.2) is 9.67 Å². The van der Waals surface area contributed by atoms with Crippen molar-refractivity contribution in [1.29, 1.82) is 0 Å². The van der Waals surface area contributed by atoms with Crippen molar-refractivity contribution in [1.82, 2.24) is 20.1 Å². The lowest BCUT2D eigenvalue weighted by molar-refractivity contribution is 0.550. The third-order valence-corrected chi connectivity index (χ3v) is 2.91. The van der Waals surface area contributed by atoms with E-state index in [0.717, 1.165) is 28.9 Å². The smallest absolute Gasteiger partial charge is 0.157 e. The number of hydrogen-bond donors (Lipinski definition) is 1. The van der Waals surface area contributed by atoms with Crippen LogP contribution in [0.15, 0.2) is 35.2 Å². The lowest BCUT2D eigenvalue weighted by Crippen LogP contribution is -2.20. The van der Waals surface area contributed by atoms with E-state index in [2.05, 4.69) is 51.2 Å². The summed E-state index contributed by atoms with van der Waals surface area (Å²) in [6.45, 7) is 6.19. The summed E-state index contributed by atoms with van der Waals surface area (Å²) < 4.78 is 2.74. The van der Waals surface area contributed by atoms with Gasteiger partial charge >= 0.3 is 0 Å². The van der Waals surface area contributed by atoms with Gasteiger partial charge in [0.15, 0.2) is 5.82 Å². The van der Waals surface area contributed by atoms with E-state index >= 15 is 0 Å². The van der Waals surface area contributed by atoms with Crippen molar-refractivity contribution in [2.75, 3.05) is 6.54 Å². The molecule has 2 aromatic rings. The number of nitrogens with one attached hydrogen (secondary N) is 1. The van der Waals surface area contributed by atoms with E-state index in [-0.39, 0.29) is 0 Å². The Morgan fingerprint density at radius 1 is 1.44 bits per heavy atom. The van der Waals surface area contributed by atoms with Gasteiger partial charge in [0.1, 0.15) is 0 Å². The predicted octanol–water partition coefficient (Wildman–Crippen LogP) is 2.78. The minimum absolute atomic E-state index is 0.643. The zero-order valence-corrected chi connectivity index (χ0v) is 12.2. The van der Waals surface area contributed by atoms with Crippen LogP contribution in [0.3, 0.4) is 0 Å². The van der Waals surface area contributed by atoms with Gasteiger partial charge in [-0.1, -0.05) is 19.9 Å². The number of halogens is 1. The fraction of sp³-hybridized carbons (Fsp3) is 0.385. The molecule has 0 bridgehead atoms. The van der Waals surface area contributed by atoms with Crippen LogP contribution in [0.4, 0.5) is 0 Å². The summed E-state index contributed by atoms with van der Waals surface area (Å²) in [6, 6.07) is 4.03. The van der Waals surface area contributed by atoms with Crippen molar-refractivity contribution in [3.63, 3.8) is 0 Å². The first-order chi connectivity index (χ1) is 8.66. The van der Waals surface area contributed by atoms with Crippen LogP contribution in [-0.4, -0.2) is 21.3 Å². The Bertz CT molecular complexity index is 507. The molecule has 0 atom stereocenters. The third kappa shape index (κ3) is 3.40. The molecule has 0 unspecified atom stereocenters. The van der Waals surface area contributed by atoms with Gasteiger partial charge in [-0.2, -0.15) is 5.10 Å². The zero-order valence-electron chi connectivity index (χ0n) is 10.6. The molecule has 2 heterocycles. The molecule has 5 heteroatoms. The molecule has 0 amide bonds. The van der Waals surface area contributed by atoms with Crippen LogP contribution >= 0.6 is 15.9 Å². The van der Waals surface area contributed by atoms with Crippen molar-refractivity contribution in [3.05, 3.63) is 40.8 Å². The second-order valence-electron chi connectivity index (χ2n) is 4.61. The molecule has 0 fully saturated rings. The maximum Gasteiger partial charge on any atom is 0.157 e. The average Bonchev–Trinajstić information content (AvgIpc) is 2.76. The topological polar surface area (TPSA) is 42.7 Å². The van der Waals surface area contributed by atoms with Crippen LogP contribution in [0.5, 0.6) is 0 Å². The van der Waals surface area contributed by atoms with E-state index in [9.17, 15) is 0 Å². The van der Waals surface area contributed by atoms with E-state index in [0.29, 0.717) is 5.92 Å². The SMILES string of the molecule is CC(C)CNCc1cccnc1-n1cc(Br)cn1. The van der Waals surface area contributed by atoms with Gasteiger partial charge in [-0.3, -0.25) is 0 Å². The monoisotopic (exact) mass is 308 g/mol. The van der Waals surface area contributed by atoms with E-state index in [1.54, 1.807) is 17.1 Å². The highest BCUT2D eigenvalue weighted by atomic mass is 79.9. The summed E-state index contributed by atoms with van der Waals surface area (Å²) in [7, 11) is 0. The fourth-order valence-electron chi connectivity index (χ4n) is 1.69. The molecule has 0 aliphatic rings. The molecule has 0 aliphatic carbocycles. The van der Waals surface area contributed by atoms with Gasteiger partial charge in [-0.05, 0) is 34.5 Å². The number of aromatic nitrogens is 3. The Balaban J connectivity index is 2.15. The third-order valence-electron chi connectivity index (χ3n) is 2.50. The number of hydrogen-bond acceptors (Lipinski definition) is 3. The second-order valence-corrected chi connectivity index (χ2v) is 5.53. The highest BCUT2D eigenvalue weighted by Gasteiger charge is 2.06. The molecule has 0 aromatic carbocycles. The minimum Gasteiger partial charge on any atom is -0.312 e. The number of pyridine rings is 1. The molecule has 1 N–H and O–H groups in total. The van der Waals surface area contributed by atoms with Crippen LogP contribution in [0.1, 0.15) is 19.4 Å². The zero-order chi connectivity index (χ0) is 13.0. The fourth-order valence-corrected chi connectivity index (χ4v) is 1.97. The Hall–Kier alpha value is -1.20. The minimum atomic E-state index is 0.643. The Labute approximate surface area is 116 Å². The number of nitrogens with zero attached hydrogens (tertiary/aromatic N) is 3. The van der Waals surface area contributed by atoms with Crippen molar-refractivity contribution >= 4 is 15.9 Å². The summed E-state index contributed by atoms with van der Waals surface area (Å²) in [4.78, 5) is 4.40. The molecule has 96 valence electrons. The molecule has 0 saturated carbocycles. The lowest BCUT2D eigenvalue weighted by Gasteiger charge is -2.10. The second kappa shape index (κ2) is 6.11. The van der Waals surface area contributed by atoms with E-state index in [4.69, 9.17) is 0 Å². The quantitative estimate of drug-likeness (QED) is 0.923. The average molecular weight is 309 g/mol. The summed E-state index contributed by atoms with van der Waals surface area (Å²) >= 11 is 3.40. The summed E-state index contributed by atoms with van der Waals surface area (Å²) in [5.41, 5.74) is 1.15. The van der Waals surface area contributed by atoms with E-state index < -0.39 is 0 Å². The molecule has 4 nitrogen and oxygen atoms in total. The first-order valence-electron chi connectivity index (χ1n) is 6.02. The van der Waals surface area contributed by atoms with Gasteiger partial charge in [0, 0.05) is 24.5 Å². The molecule has 2 rings (SSSR count). The summed E-state index contributed by atoms with van der Waals surface area (Å²) in [6.07, 6.45) is 5.46. The van der Waals surface area contributed by atoms with Crippen LogP contribution < -0.4 is 5.32 Å². The van der Waals surface area contributed by atoms with Gasteiger partial charge in [0.25, 0.3) is 0 Å². The summed E-state index contributed by atoms with van der Waals surface area (Å²) in [5.74, 6) is 1.52. The maximum atomic E-state index is 4.40. The highest BCUT2D eigenvalue weighted by Crippen LogP contribution is 2.14.